The first-order valence-electron chi connectivity index (χ1n) is 8.48. The van der Waals surface area contributed by atoms with Gasteiger partial charge in [-0.25, -0.2) is 0 Å². The number of hydrogen-bond donors (Lipinski definition) is 0. The lowest BCUT2D eigenvalue weighted by Crippen LogP contribution is -2.58. The highest BCUT2D eigenvalue weighted by Gasteiger charge is 2.56. The fraction of sp³-hybridized carbons (Fsp3) is 0.667. The van der Waals surface area contributed by atoms with E-state index in [2.05, 4.69) is 18.7 Å². The molecule has 2 aliphatic rings. The summed E-state index contributed by atoms with van der Waals surface area (Å²) in [6.07, 6.45) is 1.94. The zero-order valence-electron chi connectivity index (χ0n) is 14.8. The molecule has 0 aliphatic carbocycles. The third-order valence-electron chi connectivity index (χ3n) is 5.62. The molecule has 0 N–H and O–H groups in total. The van der Waals surface area contributed by atoms with Crippen LogP contribution in [0.4, 0.5) is 0 Å². The van der Waals surface area contributed by atoms with Gasteiger partial charge in [0.25, 0.3) is 0 Å². The molecule has 0 radical (unpaired) electrons. The molecular weight excluding hydrogens is 308 g/mol. The Morgan fingerprint density at radius 2 is 2.04 bits per heavy atom. The maximum atomic E-state index is 12.0. The number of benzene rings is 1. The molecule has 24 heavy (non-hydrogen) atoms. The maximum Gasteiger partial charge on any atom is 0.235 e. The van der Waals surface area contributed by atoms with E-state index >= 15 is 0 Å². The molecule has 1 aromatic carbocycles. The predicted molar refractivity (Wildman–Crippen MR) is 91.4 cm³/mol. The fourth-order valence-corrected chi connectivity index (χ4v) is 4.68. The van der Waals surface area contributed by atoms with Crippen LogP contribution in [0.3, 0.4) is 0 Å². The number of hydrogen-bond acceptors (Lipinski definition) is 5. The van der Waals surface area contributed by atoms with Gasteiger partial charge in [0, 0.05) is 23.1 Å². The average molecular weight is 334 g/mol. The van der Waals surface area contributed by atoms with Gasteiger partial charge in [-0.05, 0) is 30.9 Å². The van der Waals surface area contributed by atoms with Gasteiger partial charge in [-0.1, -0.05) is 19.9 Å². The zero-order valence-corrected chi connectivity index (χ0v) is 14.8. The normalized spacial score (nSPS) is 29.1. The quantitative estimate of drug-likeness (QED) is 0.626. The van der Waals surface area contributed by atoms with E-state index in [1.165, 1.54) is 0 Å². The van der Waals surface area contributed by atoms with Crippen molar-refractivity contribution in [2.24, 2.45) is 5.41 Å². The first kappa shape index (κ1) is 17.0. The lowest BCUT2D eigenvalue weighted by atomic mass is 9.66. The maximum absolute atomic E-state index is 12.0. The highest BCUT2D eigenvalue weighted by atomic mass is 16.6. The van der Waals surface area contributed by atoms with Gasteiger partial charge in [0.05, 0.1) is 26.2 Å². The summed E-state index contributed by atoms with van der Waals surface area (Å²) in [6.45, 7) is 6.10. The van der Waals surface area contributed by atoms with Crippen LogP contribution in [-0.2, 0) is 0 Å². The molecule has 6 heteroatoms. The van der Waals surface area contributed by atoms with Crippen LogP contribution < -0.4 is 9.47 Å². The molecule has 0 aromatic heterocycles. The van der Waals surface area contributed by atoms with Gasteiger partial charge >= 0.3 is 0 Å². The molecule has 0 amide bonds. The topological polar surface area (TPSA) is 64.8 Å². The highest BCUT2D eigenvalue weighted by molar-refractivity contribution is 5.44. The van der Waals surface area contributed by atoms with Crippen molar-refractivity contribution < 1.29 is 14.4 Å². The molecule has 1 aromatic rings. The second-order valence-electron chi connectivity index (χ2n) is 7.53. The number of methoxy groups -OCH3 is 2. The molecule has 0 bridgehead atoms. The molecule has 2 heterocycles. The van der Waals surface area contributed by atoms with E-state index in [9.17, 15) is 10.1 Å². The molecule has 2 aliphatic heterocycles. The minimum absolute atomic E-state index is 0.0184. The molecule has 3 unspecified atom stereocenters. The summed E-state index contributed by atoms with van der Waals surface area (Å²) in [5.41, 5.74) is 0.706. The predicted octanol–water partition coefficient (Wildman–Crippen LogP) is 2.94. The van der Waals surface area contributed by atoms with E-state index in [1.807, 2.05) is 18.2 Å². The van der Waals surface area contributed by atoms with Gasteiger partial charge in [-0.3, -0.25) is 15.0 Å². The highest BCUT2D eigenvalue weighted by Crippen LogP contribution is 2.50. The summed E-state index contributed by atoms with van der Waals surface area (Å²) in [4.78, 5) is 14.2. The van der Waals surface area contributed by atoms with Gasteiger partial charge in [0.15, 0.2) is 0 Å². The third kappa shape index (κ3) is 2.73. The Bertz CT molecular complexity index is 631. The van der Waals surface area contributed by atoms with Crippen LogP contribution in [-0.4, -0.2) is 49.2 Å². The van der Waals surface area contributed by atoms with Gasteiger partial charge in [0.2, 0.25) is 6.04 Å². The monoisotopic (exact) mass is 334 g/mol. The second-order valence-corrected chi connectivity index (χ2v) is 7.53. The number of nitrogens with zero attached hydrogens (tertiary/aromatic N) is 2. The van der Waals surface area contributed by atoms with Gasteiger partial charge < -0.3 is 9.47 Å². The summed E-state index contributed by atoms with van der Waals surface area (Å²) in [5, 5.41) is 12.0. The van der Waals surface area contributed by atoms with E-state index in [4.69, 9.17) is 9.47 Å². The fourth-order valence-electron chi connectivity index (χ4n) is 4.68. The smallest absolute Gasteiger partial charge is 0.235 e. The number of fused-ring (bicyclic) bond motifs is 1. The number of rotatable bonds is 4. The Balaban J connectivity index is 2.10. The molecule has 2 saturated heterocycles. The zero-order chi connectivity index (χ0) is 17.5. The molecule has 0 saturated carbocycles. The van der Waals surface area contributed by atoms with E-state index in [-0.39, 0.29) is 22.3 Å². The van der Waals surface area contributed by atoms with Crippen molar-refractivity contribution in [3.63, 3.8) is 0 Å². The Morgan fingerprint density at radius 3 is 2.67 bits per heavy atom. The second kappa shape index (κ2) is 6.24. The third-order valence-corrected chi connectivity index (χ3v) is 5.62. The first-order chi connectivity index (χ1) is 11.4. The Hall–Kier alpha value is -1.82. The summed E-state index contributed by atoms with van der Waals surface area (Å²) < 4.78 is 10.8. The molecule has 2 fully saturated rings. The van der Waals surface area contributed by atoms with Crippen molar-refractivity contribution in [3.05, 3.63) is 33.9 Å². The standard InChI is InChI=1S/C18H26N2O4/c1-18(2)11-19-9-5-6-14(19)17(20(21)22)16(18)13-8-7-12(23-3)10-15(13)24-4/h7-8,10,14,16-17H,5-6,9,11H2,1-4H3. The van der Waals surface area contributed by atoms with E-state index < -0.39 is 6.04 Å². The van der Waals surface area contributed by atoms with Crippen LogP contribution in [0.25, 0.3) is 0 Å². The molecule has 132 valence electrons. The lowest BCUT2D eigenvalue weighted by Gasteiger charge is -2.47. The molecule has 6 nitrogen and oxygen atoms in total. The Labute approximate surface area is 142 Å². The first-order valence-corrected chi connectivity index (χ1v) is 8.48. The van der Waals surface area contributed by atoms with Gasteiger partial charge in [-0.2, -0.15) is 0 Å². The Morgan fingerprint density at radius 1 is 1.29 bits per heavy atom. The lowest BCUT2D eigenvalue weighted by molar-refractivity contribution is -0.541. The SMILES string of the molecule is COc1ccc(C2C([N+](=O)[O-])C3CCCN3CC2(C)C)c(OC)c1. The van der Waals surface area contributed by atoms with Crippen LogP contribution >= 0.6 is 0 Å². The minimum atomic E-state index is -0.612. The number of piperidine rings is 1. The van der Waals surface area contributed by atoms with Crippen molar-refractivity contribution >= 4 is 0 Å². The molecule has 3 rings (SSSR count). The number of ether oxygens (including phenoxy) is 2. The van der Waals surface area contributed by atoms with E-state index in [1.54, 1.807) is 14.2 Å². The van der Waals surface area contributed by atoms with Crippen LogP contribution in [0.5, 0.6) is 11.5 Å². The van der Waals surface area contributed by atoms with Gasteiger partial charge in [-0.15, -0.1) is 0 Å². The van der Waals surface area contributed by atoms with Crippen molar-refractivity contribution in [1.29, 1.82) is 0 Å². The molecule has 3 atom stereocenters. The van der Waals surface area contributed by atoms with Crippen LogP contribution in [0.2, 0.25) is 0 Å². The van der Waals surface area contributed by atoms with Crippen molar-refractivity contribution in [2.75, 3.05) is 27.3 Å². The van der Waals surface area contributed by atoms with Crippen molar-refractivity contribution in [2.45, 2.75) is 44.7 Å². The van der Waals surface area contributed by atoms with Crippen LogP contribution in [0, 0.1) is 15.5 Å². The van der Waals surface area contributed by atoms with E-state index in [0.29, 0.717) is 11.5 Å². The Kier molecular flexibility index (Phi) is 4.42. The average Bonchev–Trinajstić information content (AvgIpc) is 2.99. The van der Waals surface area contributed by atoms with Crippen molar-refractivity contribution in [3.8, 4) is 11.5 Å². The summed E-state index contributed by atoms with van der Waals surface area (Å²) in [7, 11) is 3.21. The van der Waals surface area contributed by atoms with E-state index in [0.717, 1.165) is 31.5 Å². The molecule has 0 spiro atoms. The van der Waals surface area contributed by atoms with Crippen molar-refractivity contribution in [1.82, 2.24) is 4.90 Å². The summed E-state index contributed by atoms with van der Waals surface area (Å²) in [6, 6.07) is 5.03. The van der Waals surface area contributed by atoms with Crippen LogP contribution in [0.1, 0.15) is 38.2 Å². The minimum Gasteiger partial charge on any atom is -0.497 e. The number of nitro groups is 1. The largest absolute Gasteiger partial charge is 0.497 e. The molecular formula is C18H26N2O4. The summed E-state index contributed by atoms with van der Waals surface area (Å²) >= 11 is 0. The summed E-state index contributed by atoms with van der Waals surface area (Å²) in [5.74, 6) is 1.18. The van der Waals surface area contributed by atoms with Gasteiger partial charge in [0.1, 0.15) is 11.5 Å². The van der Waals surface area contributed by atoms with Crippen LogP contribution in [0.15, 0.2) is 18.2 Å².